The van der Waals surface area contributed by atoms with Crippen molar-refractivity contribution in [2.45, 2.75) is 4.90 Å². The minimum absolute atomic E-state index is 0.152. The molecule has 0 saturated carbocycles. The van der Waals surface area contributed by atoms with Crippen molar-refractivity contribution in [1.29, 1.82) is 0 Å². The van der Waals surface area contributed by atoms with Gasteiger partial charge >= 0.3 is 0 Å². The molecule has 0 unspecified atom stereocenters. The number of halogens is 1. The Hall–Kier alpha value is -2.24. The maximum atomic E-state index is 11.8. The highest BCUT2D eigenvalue weighted by Crippen LogP contribution is 2.20. The number of aromatic nitrogens is 1. The number of nitrogens with one attached hydrogen (secondary N) is 2. The van der Waals surface area contributed by atoms with Crippen LogP contribution in [-0.2, 0) is 4.79 Å². The molecule has 0 aliphatic heterocycles. The van der Waals surface area contributed by atoms with Crippen molar-refractivity contribution in [2.75, 3.05) is 5.75 Å². The number of benzene rings is 2. The van der Waals surface area contributed by atoms with Crippen molar-refractivity contribution in [3.63, 3.8) is 0 Å². The number of aromatic amines is 1. The van der Waals surface area contributed by atoms with Crippen LogP contribution in [0.25, 0.3) is 10.9 Å². The van der Waals surface area contributed by atoms with Gasteiger partial charge in [-0.15, -0.1) is 11.8 Å². The van der Waals surface area contributed by atoms with Crippen LogP contribution in [-0.4, -0.2) is 22.9 Å². The molecule has 4 nitrogen and oxygen atoms in total. The molecule has 3 rings (SSSR count). The van der Waals surface area contributed by atoms with Gasteiger partial charge in [-0.05, 0) is 30.3 Å². The number of nitrogens with zero attached hydrogens (tertiary/aromatic N) is 1. The van der Waals surface area contributed by atoms with Gasteiger partial charge in [0, 0.05) is 32.6 Å². The fourth-order valence-corrected chi connectivity index (χ4v) is 2.90. The lowest BCUT2D eigenvalue weighted by Gasteiger charge is -2.01. The average Bonchev–Trinajstić information content (AvgIpc) is 2.98. The molecule has 0 spiro atoms. The van der Waals surface area contributed by atoms with Gasteiger partial charge in [0.05, 0.1) is 12.0 Å². The normalized spacial score (nSPS) is 11.2. The second-order valence-corrected chi connectivity index (χ2v) is 6.31. The van der Waals surface area contributed by atoms with Crippen LogP contribution < -0.4 is 5.43 Å². The summed E-state index contributed by atoms with van der Waals surface area (Å²) in [5, 5.41) is 5.76. The number of hydrazone groups is 1. The number of para-hydroxylation sites is 1. The monoisotopic (exact) mass is 343 g/mol. The molecule has 1 heterocycles. The van der Waals surface area contributed by atoms with Gasteiger partial charge in [-0.25, -0.2) is 5.43 Å². The molecule has 6 heteroatoms. The summed E-state index contributed by atoms with van der Waals surface area (Å²) in [4.78, 5) is 15.9. The Labute approximate surface area is 142 Å². The molecule has 0 aliphatic rings. The van der Waals surface area contributed by atoms with Gasteiger partial charge in [-0.1, -0.05) is 29.8 Å². The number of rotatable bonds is 5. The van der Waals surface area contributed by atoms with Gasteiger partial charge in [-0.3, -0.25) is 4.79 Å². The number of amides is 1. The Bertz CT molecular complexity index is 842. The molecular weight excluding hydrogens is 330 g/mol. The van der Waals surface area contributed by atoms with Crippen LogP contribution in [0.4, 0.5) is 0 Å². The Morgan fingerprint density at radius 1 is 1.22 bits per heavy atom. The van der Waals surface area contributed by atoms with Crippen LogP contribution in [0, 0.1) is 0 Å². The zero-order valence-electron chi connectivity index (χ0n) is 12.1. The van der Waals surface area contributed by atoms with E-state index in [2.05, 4.69) is 15.5 Å². The number of thioether (sulfide) groups is 1. The van der Waals surface area contributed by atoms with Crippen molar-refractivity contribution in [3.05, 3.63) is 65.3 Å². The smallest absolute Gasteiger partial charge is 0.250 e. The van der Waals surface area contributed by atoms with E-state index in [1.165, 1.54) is 11.8 Å². The van der Waals surface area contributed by atoms with E-state index in [0.717, 1.165) is 21.4 Å². The molecule has 2 N–H and O–H groups in total. The second-order valence-electron chi connectivity index (χ2n) is 4.83. The third kappa shape index (κ3) is 4.15. The summed E-state index contributed by atoms with van der Waals surface area (Å²) in [5.41, 5.74) is 4.51. The van der Waals surface area contributed by atoms with Crippen molar-refractivity contribution < 1.29 is 4.79 Å². The fraction of sp³-hybridized carbons (Fsp3) is 0.0588. The molecule has 2 aromatic carbocycles. The Morgan fingerprint density at radius 3 is 2.83 bits per heavy atom. The van der Waals surface area contributed by atoms with E-state index < -0.39 is 0 Å². The molecule has 0 bridgehead atoms. The lowest BCUT2D eigenvalue weighted by atomic mass is 10.2. The van der Waals surface area contributed by atoms with E-state index in [9.17, 15) is 4.79 Å². The Morgan fingerprint density at radius 2 is 2.00 bits per heavy atom. The number of hydrogen-bond acceptors (Lipinski definition) is 3. The molecule has 0 radical (unpaired) electrons. The number of fused-ring (bicyclic) bond motifs is 1. The first kappa shape index (κ1) is 15.6. The minimum Gasteiger partial charge on any atom is -0.361 e. The predicted molar refractivity (Wildman–Crippen MR) is 96.2 cm³/mol. The Balaban J connectivity index is 1.53. The molecule has 0 saturated heterocycles. The summed E-state index contributed by atoms with van der Waals surface area (Å²) in [5.74, 6) is 0.147. The zero-order chi connectivity index (χ0) is 16.1. The lowest BCUT2D eigenvalue weighted by molar-refractivity contribution is -0.118. The first-order valence-corrected chi connectivity index (χ1v) is 8.35. The topological polar surface area (TPSA) is 57.2 Å². The number of carbonyl (C=O) groups is 1. The molecule has 1 amide bonds. The van der Waals surface area contributed by atoms with E-state index in [4.69, 9.17) is 11.6 Å². The van der Waals surface area contributed by atoms with E-state index in [1.807, 2.05) is 42.6 Å². The zero-order valence-corrected chi connectivity index (χ0v) is 13.7. The number of hydrogen-bond donors (Lipinski definition) is 2. The molecular formula is C17H14ClN3OS. The molecule has 0 aliphatic carbocycles. The van der Waals surface area contributed by atoms with Gasteiger partial charge in [0.15, 0.2) is 0 Å². The molecule has 23 heavy (non-hydrogen) atoms. The van der Waals surface area contributed by atoms with Crippen LogP contribution in [0.1, 0.15) is 5.56 Å². The molecule has 0 fully saturated rings. The SMILES string of the molecule is O=C(CSc1ccc(Cl)cc1)NN=Cc1c[nH]c2ccccc12. The van der Waals surface area contributed by atoms with E-state index >= 15 is 0 Å². The molecule has 0 atom stereocenters. The van der Waals surface area contributed by atoms with Crippen molar-refractivity contribution in [1.82, 2.24) is 10.4 Å². The van der Waals surface area contributed by atoms with E-state index in [0.29, 0.717) is 10.8 Å². The summed E-state index contributed by atoms with van der Waals surface area (Å²) >= 11 is 7.26. The minimum atomic E-state index is -0.152. The first-order chi connectivity index (χ1) is 11.2. The summed E-state index contributed by atoms with van der Waals surface area (Å²) in [7, 11) is 0. The van der Waals surface area contributed by atoms with Gasteiger partial charge in [0.1, 0.15) is 0 Å². The van der Waals surface area contributed by atoms with Crippen LogP contribution in [0.15, 0.2) is 64.7 Å². The van der Waals surface area contributed by atoms with Crippen molar-refractivity contribution in [3.8, 4) is 0 Å². The van der Waals surface area contributed by atoms with E-state index in [1.54, 1.807) is 18.3 Å². The quantitative estimate of drug-likeness (QED) is 0.417. The highest BCUT2D eigenvalue weighted by molar-refractivity contribution is 8.00. The number of carbonyl (C=O) groups excluding carboxylic acids is 1. The fourth-order valence-electron chi connectivity index (χ4n) is 2.09. The maximum Gasteiger partial charge on any atom is 0.250 e. The highest BCUT2D eigenvalue weighted by atomic mass is 35.5. The summed E-state index contributed by atoms with van der Waals surface area (Å²) in [6, 6.07) is 15.3. The van der Waals surface area contributed by atoms with Crippen LogP contribution in [0.3, 0.4) is 0 Å². The average molecular weight is 344 g/mol. The third-order valence-corrected chi connectivity index (χ3v) is 4.46. The van der Waals surface area contributed by atoms with Gasteiger partial charge in [-0.2, -0.15) is 5.10 Å². The van der Waals surface area contributed by atoms with Gasteiger partial charge in [0.2, 0.25) is 5.91 Å². The third-order valence-electron chi connectivity index (χ3n) is 3.20. The molecule has 1 aromatic heterocycles. The van der Waals surface area contributed by atoms with Crippen LogP contribution in [0.2, 0.25) is 5.02 Å². The second kappa shape index (κ2) is 7.35. The van der Waals surface area contributed by atoms with Crippen LogP contribution >= 0.6 is 23.4 Å². The van der Waals surface area contributed by atoms with Crippen LogP contribution in [0.5, 0.6) is 0 Å². The standard InChI is InChI=1S/C17H14ClN3OS/c18-13-5-7-14(8-6-13)23-11-17(22)21-20-10-12-9-19-16-4-2-1-3-15(12)16/h1-10,19H,11H2,(H,21,22). The van der Waals surface area contributed by atoms with Gasteiger partial charge < -0.3 is 4.98 Å². The Kier molecular flexibility index (Phi) is 5.00. The number of H-pyrrole nitrogens is 1. The van der Waals surface area contributed by atoms with Gasteiger partial charge in [0.25, 0.3) is 0 Å². The molecule has 3 aromatic rings. The lowest BCUT2D eigenvalue weighted by Crippen LogP contribution is -2.19. The summed E-state index contributed by atoms with van der Waals surface area (Å²) < 4.78 is 0. The van der Waals surface area contributed by atoms with Crippen molar-refractivity contribution in [2.24, 2.45) is 5.10 Å². The maximum absolute atomic E-state index is 11.8. The van der Waals surface area contributed by atoms with E-state index in [-0.39, 0.29) is 5.91 Å². The summed E-state index contributed by atoms with van der Waals surface area (Å²) in [6.07, 6.45) is 3.51. The predicted octanol–water partition coefficient (Wildman–Crippen LogP) is 4.06. The van der Waals surface area contributed by atoms with Crippen molar-refractivity contribution >= 4 is 46.4 Å². The largest absolute Gasteiger partial charge is 0.361 e. The highest BCUT2D eigenvalue weighted by Gasteiger charge is 2.03. The summed E-state index contributed by atoms with van der Waals surface area (Å²) in [6.45, 7) is 0. The molecule has 116 valence electrons. The first-order valence-electron chi connectivity index (χ1n) is 6.99.